The SMILES string of the molecule is N#Cc1c(F)cnc2[nH]ccc12. The van der Waals surface area contributed by atoms with E-state index in [1.165, 1.54) is 0 Å². The van der Waals surface area contributed by atoms with Crippen molar-refractivity contribution >= 4 is 11.0 Å². The largest absolute Gasteiger partial charge is 0.346 e. The van der Waals surface area contributed by atoms with E-state index in [-0.39, 0.29) is 5.56 Å². The third-order valence-electron chi connectivity index (χ3n) is 1.65. The number of aromatic amines is 1. The number of H-pyrrole nitrogens is 1. The quantitative estimate of drug-likeness (QED) is 0.637. The summed E-state index contributed by atoms with van der Waals surface area (Å²) >= 11 is 0. The molecule has 0 saturated heterocycles. The van der Waals surface area contributed by atoms with Crippen molar-refractivity contribution in [2.45, 2.75) is 0 Å². The highest BCUT2D eigenvalue weighted by atomic mass is 19.1. The summed E-state index contributed by atoms with van der Waals surface area (Å²) in [4.78, 5) is 6.56. The molecule has 0 aliphatic rings. The van der Waals surface area contributed by atoms with E-state index in [1.54, 1.807) is 18.3 Å². The van der Waals surface area contributed by atoms with E-state index in [2.05, 4.69) is 9.97 Å². The summed E-state index contributed by atoms with van der Waals surface area (Å²) in [7, 11) is 0. The van der Waals surface area contributed by atoms with Gasteiger partial charge in [-0.3, -0.25) is 0 Å². The molecule has 12 heavy (non-hydrogen) atoms. The first-order valence-corrected chi connectivity index (χ1v) is 3.34. The first-order valence-electron chi connectivity index (χ1n) is 3.34. The molecule has 0 atom stereocenters. The Morgan fingerprint density at radius 3 is 3.17 bits per heavy atom. The van der Waals surface area contributed by atoms with Crippen LogP contribution >= 0.6 is 0 Å². The highest BCUT2D eigenvalue weighted by Gasteiger charge is 2.07. The molecule has 2 rings (SSSR count). The summed E-state index contributed by atoms with van der Waals surface area (Å²) in [6.07, 6.45) is 2.66. The Bertz CT molecular complexity index is 467. The van der Waals surface area contributed by atoms with Crippen LogP contribution in [0.4, 0.5) is 4.39 Å². The zero-order valence-corrected chi connectivity index (χ0v) is 6.00. The first kappa shape index (κ1) is 6.80. The number of halogens is 1. The molecule has 0 unspecified atom stereocenters. The van der Waals surface area contributed by atoms with Crippen LogP contribution in [0.15, 0.2) is 18.5 Å². The number of pyridine rings is 1. The maximum Gasteiger partial charge on any atom is 0.160 e. The second-order valence-electron chi connectivity index (χ2n) is 2.33. The Morgan fingerprint density at radius 2 is 2.42 bits per heavy atom. The zero-order chi connectivity index (χ0) is 8.55. The van der Waals surface area contributed by atoms with Gasteiger partial charge in [0, 0.05) is 11.6 Å². The lowest BCUT2D eigenvalue weighted by atomic mass is 10.2. The molecule has 0 radical (unpaired) electrons. The molecule has 0 aliphatic heterocycles. The van der Waals surface area contributed by atoms with Crippen molar-refractivity contribution in [1.82, 2.24) is 9.97 Å². The fourth-order valence-corrected chi connectivity index (χ4v) is 1.10. The standard InChI is InChI=1S/C8H4FN3/c9-7-4-12-8-5(1-2-11-8)6(7)3-10/h1-2,4H,(H,11,12). The lowest BCUT2D eigenvalue weighted by Crippen LogP contribution is -1.86. The first-order chi connectivity index (χ1) is 5.83. The second-order valence-corrected chi connectivity index (χ2v) is 2.33. The maximum absolute atomic E-state index is 12.9. The van der Waals surface area contributed by atoms with Crippen LogP contribution in [-0.2, 0) is 0 Å². The van der Waals surface area contributed by atoms with Crippen LogP contribution in [0.2, 0.25) is 0 Å². The van der Waals surface area contributed by atoms with Gasteiger partial charge >= 0.3 is 0 Å². The van der Waals surface area contributed by atoms with Crippen LogP contribution in [0.1, 0.15) is 5.56 Å². The van der Waals surface area contributed by atoms with Crippen LogP contribution in [0.3, 0.4) is 0 Å². The minimum absolute atomic E-state index is 0.0428. The van der Waals surface area contributed by atoms with E-state index in [0.717, 1.165) is 6.20 Å². The van der Waals surface area contributed by atoms with Crippen molar-refractivity contribution in [3.8, 4) is 6.07 Å². The molecular formula is C8H4FN3. The molecule has 0 amide bonds. The Morgan fingerprint density at radius 1 is 1.58 bits per heavy atom. The third kappa shape index (κ3) is 0.768. The summed E-state index contributed by atoms with van der Waals surface area (Å²) in [6, 6.07) is 3.42. The fraction of sp³-hybridized carbons (Fsp3) is 0. The van der Waals surface area contributed by atoms with Crippen LogP contribution in [0, 0.1) is 17.1 Å². The number of aromatic nitrogens is 2. The van der Waals surface area contributed by atoms with Gasteiger partial charge in [-0.1, -0.05) is 0 Å². The van der Waals surface area contributed by atoms with E-state index in [4.69, 9.17) is 5.26 Å². The van der Waals surface area contributed by atoms with Crippen LogP contribution < -0.4 is 0 Å². The molecule has 0 bridgehead atoms. The van der Waals surface area contributed by atoms with Gasteiger partial charge in [0.15, 0.2) is 5.82 Å². The minimum atomic E-state index is -0.579. The van der Waals surface area contributed by atoms with Crippen LogP contribution in [-0.4, -0.2) is 9.97 Å². The molecule has 2 aromatic heterocycles. The Labute approximate surface area is 67.5 Å². The molecule has 1 N–H and O–H groups in total. The maximum atomic E-state index is 12.9. The van der Waals surface area contributed by atoms with E-state index in [0.29, 0.717) is 11.0 Å². The predicted octanol–water partition coefficient (Wildman–Crippen LogP) is 1.57. The van der Waals surface area contributed by atoms with E-state index >= 15 is 0 Å². The molecule has 2 heterocycles. The van der Waals surface area contributed by atoms with Gasteiger partial charge in [-0.2, -0.15) is 5.26 Å². The van der Waals surface area contributed by atoms with Gasteiger partial charge in [-0.15, -0.1) is 0 Å². The van der Waals surface area contributed by atoms with Crippen LogP contribution in [0.25, 0.3) is 11.0 Å². The molecular weight excluding hydrogens is 157 g/mol. The van der Waals surface area contributed by atoms with Gasteiger partial charge in [-0.25, -0.2) is 9.37 Å². The summed E-state index contributed by atoms with van der Waals surface area (Å²) in [6.45, 7) is 0. The van der Waals surface area contributed by atoms with Gasteiger partial charge < -0.3 is 4.98 Å². The third-order valence-corrected chi connectivity index (χ3v) is 1.65. The van der Waals surface area contributed by atoms with Gasteiger partial charge in [0.1, 0.15) is 17.3 Å². The second kappa shape index (κ2) is 2.31. The average molecular weight is 161 g/mol. The van der Waals surface area contributed by atoms with Crippen molar-refractivity contribution in [3.63, 3.8) is 0 Å². The highest BCUT2D eigenvalue weighted by molar-refractivity contribution is 5.81. The van der Waals surface area contributed by atoms with Gasteiger partial charge in [-0.05, 0) is 6.07 Å². The topological polar surface area (TPSA) is 52.5 Å². The van der Waals surface area contributed by atoms with Crippen molar-refractivity contribution in [2.24, 2.45) is 0 Å². The molecule has 3 nitrogen and oxygen atoms in total. The Kier molecular flexibility index (Phi) is 1.31. The van der Waals surface area contributed by atoms with Crippen molar-refractivity contribution in [3.05, 3.63) is 29.8 Å². The molecule has 0 fully saturated rings. The van der Waals surface area contributed by atoms with Crippen molar-refractivity contribution < 1.29 is 4.39 Å². The molecule has 0 saturated carbocycles. The average Bonchev–Trinajstić information content (AvgIpc) is 2.52. The lowest BCUT2D eigenvalue weighted by molar-refractivity contribution is 0.620. The number of fused-ring (bicyclic) bond motifs is 1. The van der Waals surface area contributed by atoms with Gasteiger partial charge in [0.05, 0.1) is 6.20 Å². The van der Waals surface area contributed by atoms with Gasteiger partial charge in [0.2, 0.25) is 0 Å². The zero-order valence-electron chi connectivity index (χ0n) is 6.00. The van der Waals surface area contributed by atoms with Gasteiger partial charge in [0.25, 0.3) is 0 Å². The number of nitrogens with one attached hydrogen (secondary N) is 1. The predicted molar refractivity (Wildman–Crippen MR) is 40.8 cm³/mol. The molecule has 4 heteroatoms. The fourth-order valence-electron chi connectivity index (χ4n) is 1.10. The lowest BCUT2D eigenvalue weighted by Gasteiger charge is -1.92. The van der Waals surface area contributed by atoms with E-state index in [9.17, 15) is 4.39 Å². The van der Waals surface area contributed by atoms with Crippen molar-refractivity contribution in [1.29, 1.82) is 5.26 Å². The Balaban J connectivity index is 2.94. The number of rotatable bonds is 0. The van der Waals surface area contributed by atoms with E-state index < -0.39 is 5.82 Å². The summed E-state index contributed by atoms with van der Waals surface area (Å²) in [5.41, 5.74) is 0.578. The van der Waals surface area contributed by atoms with E-state index in [1.807, 2.05) is 0 Å². The Hall–Kier alpha value is -1.89. The molecule has 0 aromatic carbocycles. The molecule has 0 spiro atoms. The number of hydrogen-bond acceptors (Lipinski definition) is 2. The number of nitriles is 1. The summed E-state index contributed by atoms with van der Waals surface area (Å²) < 4.78 is 12.9. The van der Waals surface area contributed by atoms with Crippen molar-refractivity contribution in [2.75, 3.05) is 0 Å². The number of hydrogen-bond donors (Lipinski definition) is 1. The van der Waals surface area contributed by atoms with Crippen LogP contribution in [0.5, 0.6) is 0 Å². The monoisotopic (exact) mass is 161 g/mol. The molecule has 0 aliphatic carbocycles. The molecule has 2 aromatic rings. The smallest absolute Gasteiger partial charge is 0.160 e. The number of nitrogens with zero attached hydrogens (tertiary/aromatic N) is 2. The summed E-state index contributed by atoms with van der Waals surface area (Å²) in [5, 5.41) is 9.13. The highest BCUT2D eigenvalue weighted by Crippen LogP contribution is 2.16. The molecule has 58 valence electrons. The normalized spacial score (nSPS) is 10.0. The summed E-state index contributed by atoms with van der Waals surface area (Å²) in [5.74, 6) is -0.579. The minimum Gasteiger partial charge on any atom is -0.346 e.